The molecule has 12 heteroatoms. The Labute approximate surface area is 215 Å². The molecule has 0 unspecified atom stereocenters. The quantitative estimate of drug-likeness (QED) is 0.506. The summed E-state index contributed by atoms with van der Waals surface area (Å²) in [6.45, 7) is 5.57. The number of nitrogens with zero attached hydrogens (tertiary/aromatic N) is 4. The zero-order valence-corrected chi connectivity index (χ0v) is 22.3. The normalized spacial score (nSPS) is 18.7. The molecule has 36 heavy (non-hydrogen) atoms. The largest absolute Gasteiger partial charge is 0.337 e. The number of carbonyl (C=O) groups excluding carboxylic acids is 1. The summed E-state index contributed by atoms with van der Waals surface area (Å²) in [5, 5.41) is 6.45. The number of hydrogen-bond donors (Lipinski definition) is 1. The molecule has 0 saturated heterocycles. The van der Waals surface area contributed by atoms with E-state index in [0.717, 1.165) is 15.6 Å². The number of thioether (sulfide) groups is 1. The highest BCUT2D eigenvalue weighted by atomic mass is 32.2. The minimum absolute atomic E-state index is 0.167. The van der Waals surface area contributed by atoms with Gasteiger partial charge in [-0.25, -0.2) is 0 Å². The molecule has 2 aromatic carbocycles. The predicted octanol–water partition coefficient (Wildman–Crippen LogP) is 2.37. The molecule has 0 aliphatic carbocycles. The first-order valence-corrected chi connectivity index (χ1v) is 14.1. The number of hydrogen-bond acceptors (Lipinski definition) is 8. The third-order valence-electron chi connectivity index (χ3n) is 6.06. The van der Waals surface area contributed by atoms with E-state index in [1.165, 1.54) is 46.3 Å². The molecule has 0 bridgehead atoms. The second-order valence-electron chi connectivity index (χ2n) is 8.32. The Balaban J connectivity index is 1.67. The molecule has 1 N–H and O–H groups in total. The third-order valence-corrected chi connectivity index (χ3v) is 9.46. The first-order chi connectivity index (χ1) is 17.0. The maximum absolute atomic E-state index is 13.6. The van der Waals surface area contributed by atoms with Crippen LogP contribution in [0.25, 0.3) is 10.6 Å². The smallest absolute Gasteiger partial charge is 0.294 e. The van der Waals surface area contributed by atoms with Crippen molar-refractivity contribution in [2.75, 3.05) is 17.0 Å². The number of amides is 1. The summed E-state index contributed by atoms with van der Waals surface area (Å²) in [7, 11) is -2.46. The number of para-hydroxylation sites is 1. The van der Waals surface area contributed by atoms with Crippen molar-refractivity contribution in [2.45, 2.75) is 37.1 Å². The lowest BCUT2D eigenvalue weighted by molar-refractivity contribution is -0.112. The van der Waals surface area contributed by atoms with Crippen molar-refractivity contribution < 1.29 is 17.8 Å². The van der Waals surface area contributed by atoms with Crippen molar-refractivity contribution in [3.8, 4) is 0 Å². The molecule has 0 fully saturated rings. The van der Waals surface area contributed by atoms with Crippen LogP contribution in [0.4, 0.5) is 11.4 Å². The topological polar surface area (TPSA) is 112 Å². The first kappa shape index (κ1) is 24.5. The standard InChI is InChI=1S/C24H22N4O5S3/c1-5-27-22(30)20(24-26(4)17-8-6-7-9-18(17)34-24)35-23(27)19-14(3)25-28(21(19)29)16-11-10-15(12-13(16)2)36(31,32)33/h6-12H,5H2,1-4H3,(H,31,32,33)/b23-19+,24-20-. The molecule has 9 nitrogen and oxygen atoms in total. The van der Waals surface area contributed by atoms with Gasteiger partial charge in [-0.15, -0.1) is 11.3 Å². The summed E-state index contributed by atoms with van der Waals surface area (Å²) in [6.07, 6.45) is 0. The molecule has 0 spiro atoms. The number of rotatable bonds is 3. The van der Waals surface area contributed by atoms with Crippen molar-refractivity contribution in [1.29, 1.82) is 0 Å². The van der Waals surface area contributed by atoms with E-state index < -0.39 is 16.0 Å². The summed E-state index contributed by atoms with van der Waals surface area (Å²) in [6, 6.07) is 11.9. The van der Waals surface area contributed by atoms with Crippen molar-refractivity contribution >= 4 is 66.8 Å². The van der Waals surface area contributed by atoms with Crippen LogP contribution < -0.4 is 24.7 Å². The van der Waals surface area contributed by atoms with Gasteiger partial charge >= 0.3 is 0 Å². The average Bonchev–Trinajstić information content (AvgIpc) is 3.43. The lowest BCUT2D eigenvalue weighted by atomic mass is 10.1. The molecule has 3 heterocycles. The fourth-order valence-electron chi connectivity index (χ4n) is 4.26. The molecule has 186 valence electrons. The third kappa shape index (κ3) is 3.81. The highest BCUT2D eigenvalue weighted by Gasteiger charge is 2.33. The van der Waals surface area contributed by atoms with E-state index in [9.17, 15) is 22.6 Å². The van der Waals surface area contributed by atoms with Crippen molar-refractivity contribution in [3.05, 3.63) is 67.6 Å². The van der Waals surface area contributed by atoms with Gasteiger partial charge in [0.1, 0.15) is 14.2 Å². The van der Waals surface area contributed by atoms with Gasteiger partial charge in [0.15, 0.2) is 0 Å². The molecule has 1 amide bonds. The highest BCUT2D eigenvalue weighted by molar-refractivity contribution is 8.08. The lowest BCUT2D eigenvalue weighted by Gasteiger charge is -2.15. The van der Waals surface area contributed by atoms with Gasteiger partial charge in [-0.05, 0) is 56.7 Å². The van der Waals surface area contributed by atoms with Gasteiger partial charge in [0, 0.05) is 18.5 Å². The van der Waals surface area contributed by atoms with Gasteiger partial charge in [0.05, 0.1) is 27.6 Å². The van der Waals surface area contributed by atoms with Crippen molar-refractivity contribution in [1.82, 2.24) is 4.57 Å². The summed E-state index contributed by atoms with van der Waals surface area (Å²) in [5.74, 6) is -0.411. The zero-order valence-electron chi connectivity index (χ0n) is 19.8. The van der Waals surface area contributed by atoms with Gasteiger partial charge < -0.3 is 4.90 Å². The molecule has 2 aliphatic heterocycles. The lowest BCUT2D eigenvalue weighted by Crippen LogP contribution is -2.35. The van der Waals surface area contributed by atoms with Gasteiger partial charge in [0.2, 0.25) is 0 Å². The fraction of sp³-hybridized carbons (Fsp3) is 0.208. The second-order valence-corrected chi connectivity index (χ2v) is 11.8. The predicted molar refractivity (Wildman–Crippen MR) is 143 cm³/mol. The maximum Gasteiger partial charge on any atom is 0.294 e. The van der Waals surface area contributed by atoms with Crippen LogP contribution in [0.5, 0.6) is 0 Å². The fourth-order valence-corrected chi connectivity index (χ4v) is 7.43. The molecule has 0 radical (unpaired) electrons. The Bertz CT molecular complexity index is 1770. The minimum Gasteiger partial charge on any atom is -0.337 e. The van der Waals surface area contributed by atoms with Crippen LogP contribution in [-0.4, -0.2) is 36.2 Å². The van der Waals surface area contributed by atoms with Crippen LogP contribution in [0, 0.1) is 6.92 Å². The van der Waals surface area contributed by atoms with E-state index in [2.05, 4.69) is 5.10 Å². The zero-order chi connectivity index (χ0) is 25.9. The number of fused-ring (bicyclic) bond motifs is 1. The summed E-state index contributed by atoms with van der Waals surface area (Å²) in [5.41, 5.74) is 2.47. The van der Waals surface area contributed by atoms with Crippen LogP contribution >= 0.6 is 23.1 Å². The number of aryl methyl sites for hydroxylation is 1. The minimum atomic E-state index is -4.38. The summed E-state index contributed by atoms with van der Waals surface area (Å²) in [4.78, 5) is 29.8. The van der Waals surface area contributed by atoms with Crippen LogP contribution in [0.1, 0.15) is 19.4 Å². The Morgan fingerprint density at radius 2 is 1.78 bits per heavy atom. The van der Waals surface area contributed by atoms with Gasteiger partial charge in [-0.2, -0.15) is 18.5 Å². The number of benzene rings is 2. The SMILES string of the molecule is CCn1c(=O)/c(=C2/Sc3ccccc3N2C)s/c1=C1/C(=O)N(c2ccc(S(=O)(=O)O)cc2C)N=C1C. The Morgan fingerprint density at radius 3 is 2.42 bits per heavy atom. The van der Waals surface area contributed by atoms with Gasteiger partial charge in [-0.1, -0.05) is 23.9 Å². The van der Waals surface area contributed by atoms with Crippen LogP contribution in [0.3, 0.4) is 0 Å². The van der Waals surface area contributed by atoms with E-state index in [0.29, 0.717) is 38.3 Å². The number of aromatic nitrogens is 1. The monoisotopic (exact) mass is 542 g/mol. The first-order valence-electron chi connectivity index (χ1n) is 11.0. The van der Waals surface area contributed by atoms with Crippen molar-refractivity contribution in [3.63, 3.8) is 0 Å². The van der Waals surface area contributed by atoms with Crippen molar-refractivity contribution in [2.24, 2.45) is 5.10 Å². The second kappa shape index (κ2) is 8.73. The van der Waals surface area contributed by atoms with Gasteiger partial charge in [0.25, 0.3) is 21.6 Å². The van der Waals surface area contributed by atoms with E-state index in [1.807, 2.05) is 43.1 Å². The molecular formula is C24H22N4O5S3. The molecule has 2 aliphatic rings. The van der Waals surface area contributed by atoms with Crippen LogP contribution in [0.2, 0.25) is 0 Å². The molecule has 0 atom stereocenters. The van der Waals surface area contributed by atoms with E-state index >= 15 is 0 Å². The molecule has 3 aromatic rings. The van der Waals surface area contributed by atoms with E-state index in [-0.39, 0.29) is 10.5 Å². The highest BCUT2D eigenvalue weighted by Crippen LogP contribution is 2.45. The van der Waals surface area contributed by atoms with E-state index in [1.54, 1.807) is 18.4 Å². The molecular weight excluding hydrogens is 520 g/mol. The van der Waals surface area contributed by atoms with E-state index in [4.69, 9.17) is 0 Å². The van der Waals surface area contributed by atoms with Gasteiger partial charge in [-0.3, -0.25) is 18.7 Å². The summed E-state index contributed by atoms with van der Waals surface area (Å²) >= 11 is 2.79. The molecule has 1 aromatic heterocycles. The number of hydrazone groups is 1. The maximum atomic E-state index is 13.6. The number of carbonyl (C=O) groups is 1. The average molecular weight is 543 g/mol. The molecule has 0 saturated carbocycles. The summed E-state index contributed by atoms with van der Waals surface area (Å²) < 4.78 is 35.0. The number of anilines is 2. The van der Waals surface area contributed by atoms with Crippen LogP contribution in [-0.2, 0) is 21.5 Å². The Kier molecular flexibility index (Phi) is 5.94. The molecule has 5 rings (SSSR count). The Morgan fingerprint density at radius 1 is 1.06 bits per heavy atom. The van der Waals surface area contributed by atoms with Crippen LogP contribution in [0.15, 0.2) is 62.2 Å². The Hall–Kier alpha value is -3.19. The number of thiazole rings is 1.